The van der Waals surface area contributed by atoms with Crippen LogP contribution in [0.4, 0.5) is 0 Å². The van der Waals surface area contributed by atoms with Crippen molar-refractivity contribution in [2.24, 2.45) is 0 Å². The molecule has 3 heterocycles. The Hall–Kier alpha value is -2.83. The van der Waals surface area contributed by atoms with Gasteiger partial charge in [0.2, 0.25) is 0 Å². The summed E-state index contributed by atoms with van der Waals surface area (Å²) in [5.41, 5.74) is 3.55. The van der Waals surface area contributed by atoms with Gasteiger partial charge < -0.3 is 0 Å². The van der Waals surface area contributed by atoms with Crippen molar-refractivity contribution in [2.45, 2.75) is 13.5 Å². The monoisotopic (exact) mass is 374 g/mol. The molecular weight excluding hydrogens is 348 g/mol. The second kappa shape index (κ2) is 8.91. The second-order valence-electron chi connectivity index (χ2n) is 7.11. The molecule has 144 valence electrons. The minimum atomic E-state index is 0.606. The molecule has 1 aromatic carbocycles. The van der Waals surface area contributed by atoms with Gasteiger partial charge in [-0.05, 0) is 18.6 Å². The number of hydrogen-bond donors (Lipinski definition) is 0. The largest absolute Gasteiger partial charge is 0.297 e. The predicted molar refractivity (Wildman–Crippen MR) is 111 cm³/mol. The molecule has 0 saturated carbocycles. The van der Waals surface area contributed by atoms with Crippen molar-refractivity contribution in [3.8, 4) is 5.95 Å². The van der Waals surface area contributed by atoms with E-state index < -0.39 is 0 Å². The van der Waals surface area contributed by atoms with E-state index in [4.69, 9.17) is 0 Å². The van der Waals surface area contributed by atoms with Gasteiger partial charge in [-0.2, -0.15) is 5.10 Å². The van der Waals surface area contributed by atoms with Crippen molar-refractivity contribution in [1.29, 1.82) is 0 Å². The van der Waals surface area contributed by atoms with Gasteiger partial charge in [0, 0.05) is 57.2 Å². The standard InChI is InChI=1S/C22H26N6/c1-19-21(17-25-28(19)22-23-10-6-11-24-22)9-5-12-26-13-15-27(16-14-26)18-20-7-3-2-4-8-20/h2-11,17H,12-16,18H2,1H3. The third-order valence-corrected chi connectivity index (χ3v) is 5.16. The molecular formula is C22H26N6. The van der Waals surface area contributed by atoms with Crippen molar-refractivity contribution < 1.29 is 0 Å². The third-order valence-electron chi connectivity index (χ3n) is 5.16. The van der Waals surface area contributed by atoms with Gasteiger partial charge in [-0.3, -0.25) is 9.80 Å². The van der Waals surface area contributed by atoms with E-state index in [1.165, 1.54) is 5.56 Å². The number of nitrogens with zero attached hydrogens (tertiary/aromatic N) is 6. The van der Waals surface area contributed by atoms with E-state index in [1.807, 2.05) is 19.2 Å². The number of hydrogen-bond acceptors (Lipinski definition) is 5. The Labute approximate surface area is 166 Å². The van der Waals surface area contributed by atoms with Crippen molar-refractivity contribution in [2.75, 3.05) is 32.7 Å². The molecule has 0 spiro atoms. The normalized spacial score (nSPS) is 16.0. The van der Waals surface area contributed by atoms with Crippen LogP contribution in [0.5, 0.6) is 0 Å². The van der Waals surface area contributed by atoms with E-state index in [9.17, 15) is 0 Å². The molecule has 0 amide bonds. The molecule has 0 bridgehead atoms. The van der Waals surface area contributed by atoms with Gasteiger partial charge >= 0.3 is 0 Å². The fraction of sp³-hybridized carbons (Fsp3) is 0.318. The summed E-state index contributed by atoms with van der Waals surface area (Å²) in [6.07, 6.45) is 9.72. The lowest BCUT2D eigenvalue weighted by Crippen LogP contribution is -2.45. The summed E-state index contributed by atoms with van der Waals surface area (Å²) in [6.45, 7) is 8.50. The minimum absolute atomic E-state index is 0.606. The number of piperazine rings is 1. The predicted octanol–water partition coefficient (Wildman–Crippen LogP) is 2.80. The molecule has 1 aliphatic rings. The van der Waals surface area contributed by atoms with Gasteiger partial charge in [0.05, 0.1) is 11.9 Å². The van der Waals surface area contributed by atoms with Crippen LogP contribution in [0.15, 0.2) is 61.1 Å². The summed E-state index contributed by atoms with van der Waals surface area (Å²) < 4.78 is 1.78. The average Bonchev–Trinajstić information content (AvgIpc) is 3.11. The first-order valence-electron chi connectivity index (χ1n) is 9.77. The summed E-state index contributed by atoms with van der Waals surface area (Å²) in [4.78, 5) is 13.6. The molecule has 3 aromatic rings. The summed E-state index contributed by atoms with van der Waals surface area (Å²) in [5.74, 6) is 0.606. The lowest BCUT2D eigenvalue weighted by atomic mass is 10.2. The van der Waals surface area contributed by atoms with Crippen molar-refractivity contribution >= 4 is 6.08 Å². The zero-order chi connectivity index (χ0) is 19.2. The van der Waals surface area contributed by atoms with Gasteiger partial charge in [0.15, 0.2) is 0 Å². The van der Waals surface area contributed by atoms with Crippen LogP contribution in [-0.4, -0.2) is 62.3 Å². The SMILES string of the molecule is Cc1c(C=CCN2CCN(Cc3ccccc3)CC2)cnn1-c1ncccn1. The van der Waals surface area contributed by atoms with Crippen LogP contribution in [0.2, 0.25) is 0 Å². The van der Waals surface area contributed by atoms with E-state index in [0.717, 1.165) is 50.5 Å². The number of benzene rings is 1. The van der Waals surface area contributed by atoms with E-state index in [-0.39, 0.29) is 0 Å². The van der Waals surface area contributed by atoms with Crippen molar-refractivity contribution in [1.82, 2.24) is 29.5 Å². The van der Waals surface area contributed by atoms with Crippen molar-refractivity contribution in [3.05, 3.63) is 77.9 Å². The summed E-state index contributed by atoms with van der Waals surface area (Å²) >= 11 is 0. The Morgan fingerprint density at radius 1 is 0.929 bits per heavy atom. The quantitative estimate of drug-likeness (QED) is 0.664. The highest BCUT2D eigenvalue weighted by atomic mass is 15.3. The summed E-state index contributed by atoms with van der Waals surface area (Å²) in [7, 11) is 0. The molecule has 1 fully saturated rings. The molecule has 1 aliphatic heterocycles. The first kappa shape index (κ1) is 18.5. The lowest BCUT2D eigenvalue weighted by Gasteiger charge is -2.34. The zero-order valence-electron chi connectivity index (χ0n) is 16.3. The maximum atomic E-state index is 4.42. The highest BCUT2D eigenvalue weighted by molar-refractivity contribution is 5.51. The van der Waals surface area contributed by atoms with Crippen molar-refractivity contribution in [3.63, 3.8) is 0 Å². The molecule has 28 heavy (non-hydrogen) atoms. The molecule has 2 aromatic heterocycles. The van der Waals surface area contributed by atoms with Crippen LogP contribution in [0.25, 0.3) is 12.0 Å². The van der Waals surface area contributed by atoms with Gasteiger partial charge in [0.1, 0.15) is 0 Å². The highest BCUT2D eigenvalue weighted by Crippen LogP contribution is 2.13. The van der Waals surface area contributed by atoms with Gasteiger partial charge in [-0.25, -0.2) is 14.6 Å². The van der Waals surface area contributed by atoms with Crippen LogP contribution < -0.4 is 0 Å². The maximum Gasteiger partial charge on any atom is 0.250 e. The summed E-state index contributed by atoms with van der Waals surface area (Å²) in [5, 5.41) is 4.42. The molecule has 6 nitrogen and oxygen atoms in total. The Morgan fingerprint density at radius 3 is 2.39 bits per heavy atom. The third kappa shape index (κ3) is 4.52. The second-order valence-corrected chi connectivity index (χ2v) is 7.11. The number of rotatable bonds is 6. The van der Waals surface area contributed by atoms with Gasteiger partial charge in [-0.1, -0.05) is 42.5 Å². The molecule has 4 rings (SSSR count). The van der Waals surface area contributed by atoms with E-state index >= 15 is 0 Å². The molecule has 6 heteroatoms. The Morgan fingerprint density at radius 2 is 1.64 bits per heavy atom. The van der Waals surface area contributed by atoms with Crippen LogP contribution in [0.1, 0.15) is 16.8 Å². The average molecular weight is 374 g/mol. The first-order chi connectivity index (χ1) is 13.8. The van der Waals surface area contributed by atoms with Gasteiger partial charge in [-0.15, -0.1) is 0 Å². The highest BCUT2D eigenvalue weighted by Gasteiger charge is 2.16. The van der Waals surface area contributed by atoms with Gasteiger partial charge in [0.25, 0.3) is 5.95 Å². The Kier molecular flexibility index (Phi) is 5.89. The van der Waals surface area contributed by atoms with Crippen LogP contribution in [0.3, 0.4) is 0 Å². The molecule has 0 unspecified atom stereocenters. The number of aromatic nitrogens is 4. The van der Waals surface area contributed by atoms with E-state index in [1.54, 1.807) is 17.1 Å². The molecule has 1 saturated heterocycles. The Balaban J connectivity index is 1.28. The lowest BCUT2D eigenvalue weighted by molar-refractivity contribution is 0.137. The smallest absolute Gasteiger partial charge is 0.250 e. The van der Waals surface area contributed by atoms with E-state index in [2.05, 4.69) is 67.4 Å². The van der Waals surface area contributed by atoms with Crippen LogP contribution >= 0.6 is 0 Å². The first-order valence-corrected chi connectivity index (χ1v) is 9.77. The zero-order valence-corrected chi connectivity index (χ0v) is 16.3. The molecule has 0 atom stereocenters. The summed E-state index contributed by atoms with van der Waals surface area (Å²) in [6, 6.07) is 12.5. The molecule has 0 N–H and O–H groups in total. The minimum Gasteiger partial charge on any atom is -0.297 e. The van der Waals surface area contributed by atoms with E-state index in [0.29, 0.717) is 5.95 Å². The molecule has 0 aliphatic carbocycles. The topological polar surface area (TPSA) is 50.1 Å². The molecule has 0 radical (unpaired) electrons. The van der Waals surface area contributed by atoms with Crippen LogP contribution in [-0.2, 0) is 6.54 Å². The Bertz CT molecular complexity index is 895. The van der Waals surface area contributed by atoms with Crippen LogP contribution in [0, 0.1) is 6.92 Å². The fourth-order valence-electron chi connectivity index (χ4n) is 3.49. The maximum absolute atomic E-state index is 4.42. The fourth-order valence-corrected chi connectivity index (χ4v) is 3.49.